The molecule has 0 aliphatic heterocycles. The van der Waals surface area contributed by atoms with Gasteiger partial charge in [-0.25, -0.2) is 4.39 Å². The average molecular weight is 265 g/mol. The Hall–Kier alpha value is -0.930. The summed E-state index contributed by atoms with van der Waals surface area (Å²) in [7, 11) is 2.05. The molecule has 1 aliphatic rings. The summed E-state index contributed by atoms with van der Waals surface area (Å²) in [4.78, 5) is 2.21. The minimum Gasteiger partial charge on any atom is -0.391 e. The van der Waals surface area contributed by atoms with Gasteiger partial charge in [0.1, 0.15) is 5.82 Å². The molecule has 2 nitrogen and oxygen atoms in total. The van der Waals surface area contributed by atoms with E-state index in [1.165, 1.54) is 31.4 Å². The number of likely N-dealkylation sites (N-methyl/N-ethyl adjacent to an activating group) is 1. The van der Waals surface area contributed by atoms with Crippen molar-refractivity contribution in [1.82, 2.24) is 4.90 Å². The van der Waals surface area contributed by atoms with Crippen molar-refractivity contribution in [2.75, 3.05) is 7.05 Å². The highest BCUT2D eigenvalue weighted by molar-refractivity contribution is 5.16. The van der Waals surface area contributed by atoms with E-state index in [0.29, 0.717) is 0 Å². The van der Waals surface area contributed by atoms with Crippen LogP contribution in [0.4, 0.5) is 4.39 Å². The van der Waals surface area contributed by atoms with E-state index >= 15 is 0 Å². The molecule has 0 saturated heterocycles. The molecule has 2 unspecified atom stereocenters. The first kappa shape index (κ1) is 14.5. The molecule has 0 spiro atoms. The highest BCUT2D eigenvalue weighted by atomic mass is 19.1. The van der Waals surface area contributed by atoms with Gasteiger partial charge in [0.15, 0.2) is 0 Å². The Kier molecular flexibility index (Phi) is 5.34. The van der Waals surface area contributed by atoms with Crippen LogP contribution in [0.1, 0.15) is 44.1 Å². The third-order valence-electron chi connectivity index (χ3n) is 4.11. The third-order valence-corrected chi connectivity index (χ3v) is 4.11. The van der Waals surface area contributed by atoms with E-state index in [-0.39, 0.29) is 18.0 Å². The molecule has 1 saturated carbocycles. The highest BCUT2D eigenvalue weighted by Gasteiger charge is 2.24. The van der Waals surface area contributed by atoms with Crippen LogP contribution in [0.2, 0.25) is 0 Å². The summed E-state index contributed by atoms with van der Waals surface area (Å²) in [5.41, 5.74) is 1.10. The molecule has 0 aromatic heterocycles. The van der Waals surface area contributed by atoms with Gasteiger partial charge < -0.3 is 5.11 Å². The van der Waals surface area contributed by atoms with Gasteiger partial charge in [0.2, 0.25) is 0 Å². The zero-order valence-electron chi connectivity index (χ0n) is 11.7. The number of nitrogens with zero attached hydrogens (tertiary/aromatic N) is 1. The van der Waals surface area contributed by atoms with E-state index in [9.17, 15) is 9.50 Å². The number of rotatable bonds is 3. The summed E-state index contributed by atoms with van der Waals surface area (Å²) < 4.78 is 12.9. The number of hydrogen-bond donors (Lipinski definition) is 1. The van der Waals surface area contributed by atoms with Gasteiger partial charge in [-0.1, -0.05) is 37.8 Å². The molecule has 2 atom stereocenters. The minimum atomic E-state index is -0.231. The van der Waals surface area contributed by atoms with Crippen LogP contribution in [0.15, 0.2) is 24.3 Å². The lowest BCUT2D eigenvalue weighted by molar-refractivity contribution is 0.0407. The number of aliphatic hydroxyl groups is 1. The fraction of sp³-hybridized carbons (Fsp3) is 0.625. The van der Waals surface area contributed by atoms with E-state index in [4.69, 9.17) is 0 Å². The van der Waals surface area contributed by atoms with Crippen LogP contribution in [0.5, 0.6) is 0 Å². The van der Waals surface area contributed by atoms with Gasteiger partial charge in [-0.15, -0.1) is 0 Å². The Balaban J connectivity index is 1.96. The molecule has 1 aliphatic carbocycles. The van der Waals surface area contributed by atoms with Crippen molar-refractivity contribution in [3.63, 3.8) is 0 Å². The molecule has 1 aromatic carbocycles. The Morgan fingerprint density at radius 1 is 1.11 bits per heavy atom. The topological polar surface area (TPSA) is 23.5 Å². The molecule has 3 heteroatoms. The molecule has 1 aromatic rings. The van der Waals surface area contributed by atoms with Crippen molar-refractivity contribution in [3.05, 3.63) is 35.6 Å². The summed E-state index contributed by atoms with van der Waals surface area (Å²) in [5.74, 6) is -0.197. The largest absolute Gasteiger partial charge is 0.391 e. The molecule has 0 amide bonds. The lowest BCUT2D eigenvalue weighted by Crippen LogP contribution is -2.41. The van der Waals surface area contributed by atoms with Crippen molar-refractivity contribution < 1.29 is 9.50 Å². The Bertz CT molecular complexity index is 379. The minimum absolute atomic E-state index is 0.197. The molecular formula is C16H24FNO. The second-order valence-corrected chi connectivity index (χ2v) is 5.67. The van der Waals surface area contributed by atoms with Crippen molar-refractivity contribution >= 4 is 0 Å². The zero-order chi connectivity index (χ0) is 13.7. The normalized spacial score (nSPS) is 25.1. The number of benzene rings is 1. The van der Waals surface area contributed by atoms with Crippen LogP contribution in [0.25, 0.3) is 0 Å². The predicted molar refractivity (Wildman–Crippen MR) is 75.4 cm³/mol. The SMILES string of the molecule is CN(Cc1ccc(F)cc1)C1CCCCCCC1O. The van der Waals surface area contributed by atoms with Gasteiger partial charge in [0.05, 0.1) is 6.10 Å². The molecule has 2 rings (SSSR count). The van der Waals surface area contributed by atoms with Gasteiger partial charge >= 0.3 is 0 Å². The second kappa shape index (κ2) is 7.01. The summed E-state index contributed by atoms with van der Waals surface area (Å²) in [5, 5.41) is 10.3. The van der Waals surface area contributed by atoms with Crippen molar-refractivity contribution in [3.8, 4) is 0 Å². The third kappa shape index (κ3) is 4.29. The van der Waals surface area contributed by atoms with Gasteiger partial charge in [-0.2, -0.15) is 0 Å². The second-order valence-electron chi connectivity index (χ2n) is 5.67. The number of halogens is 1. The Morgan fingerprint density at radius 2 is 1.74 bits per heavy atom. The molecule has 0 radical (unpaired) electrons. The van der Waals surface area contributed by atoms with Crippen LogP contribution in [0.3, 0.4) is 0 Å². The van der Waals surface area contributed by atoms with Crippen LogP contribution in [0, 0.1) is 5.82 Å². The quantitative estimate of drug-likeness (QED) is 0.906. The molecule has 0 heterocycles. The van der Waals surface area contributed by atoms with Crippen LogP contribution < -0.4 is 0 Å². The summed E-state index contributed by atoms with van der Waals surface area (Å²) >= 11 is 0. The van der Waals surface area contributed by atoms with Gasteiger partial charge in [0, 0.05) is 12.6 Å². The zero-order valence-corrected chi connectivity index (χ0v) is 11.7. The van der Waals surface area contributed by atoms with Crippen molar-refractivity contribution in [1.29, 1.82) is 0 Å². The van der Waals surface area contributed by atoms with Gasteiger partial charge in [-0.3, -0.25) is 4.90 Å². The van der Waals surface area contributed by atoms with E-state index in [1.807, 2.05) is 12.1 Å². The fourth-order valence-corrected chi connectivity index (χ4v) is 2.95. The van der Waals surface area contributed by atoms with E-state index < -0.39 is 0 Å². The first-order chi connectivity index (χ1) is 9.16. The number of hydrogen-bond acceptors (Lipinski definition) is 2. The summed E-state index contributed by atoms with van der Waals surface area (Å²) in [6.07, 6.45) is 6.55. The molecule has 1 fully saturated rings. The van der Waals surface area contributed by atoms with Gasteiger partial charge in [-0.05, 0) is 37.6 Å². The first-order valence-electron chi connectivity index (χ1n) is 7.29. The van der Waals surface area contributed by atoms with E-state index in [0.717, 1.165) is 31.4 Å². The molecule has 106 valence electrons. The van der Waals surface area contributed by atoms with Crippen LogP contribution in [-0.2, 0) is 6.54 Å². The average Bonchev–Trinajstić information content (AvgIpc) is 2.37. The Morgan fingerprint density at radius 3 is 2.42 bits per heavy atom. The lowest BCUT2D eigenvalue weighted by Gasteiger charge is -2.33. The van der Waals surface area contributed by atoms with Crippen LogP contribution >= 0.6 is 0 Å². The van der Waals surface area contributed by atoms with Crippen molar-refractivity contribution in [2.24, 2.45) is 0 Å². The first-order valence-corrected chi connectivity index (χ1v) is 7.29. The molecule has 1 N–H and O–H groups in total. The number of aliphatic hydroxyl groups excluding tert-OH is 1. The smallest absolute Gasteiger partial charge is 0.123 e. The van der Waals surface area contributed by atoms with Gasteiger partial charge in [0.25, 0.3) is 0 Å². The van der Waals surface area contributed by atoms with E-state index in [1.54, 1.807) is 0 Å². The maximum atomic E-state index is 12.9. The van der Waals surface area contributed by atoms with E-state index in [2.05, 4.69) is 11.9 Å². The predicted octanol–water partition coefficient (Wildman–Crippen LogP) is 3.34. The maximum absolute atomic E-state index is 12.9. The molecule has 19 heavy (non-hydrogen) atoms. The molecular weight excluding hydrogens is 241 g/mol. The summed E-state index contributed by atoms with van der Waals surface area (Å²) in [6.45, 7) is 0.766. The highest BCUT2D eigenvalue weighted by Crippen LogP contribution is 2.22. The fourth-order valence-electron chi connectivity index (χ4n) is 2.95. The summed E-state index contributed by atoms with van der Waals surface area (Å²) in [6, 6.07) is 6.86. The maximum Gasteiger partial charge on any atom is 0.123 e. The standard InChI is InChI=1S/C16H24FNO/c1-18(12-13-8-10-14(17)11-9-13)15-6-4-2-3-5-7-16(15)19/h8-11,15-16,19H,2-7,12H2,1H3. The Labute approximate surface area is 115 Å². The van der Waals surface area contributed by atoms with Crippen molar-refractivity contribution in [2.45, 2.75) is 57.2 Å². The van der Waals surface area contributed by atoms with Crippen LogP contribution in [-0.4, -0.2) is 29.2 Å². The lowest BCUT2D eigenvalue weighted by atomic mass is 9.93. The molecule has 0 bridgehead atoms. The monoisotopic (exact) mass is 265 g/mol.